The Balaban J connectivity index is 1.27. The van der Waals surface area contributed by atoms with Crippen molar-refractivity contribution in [2.45, 2.75) is 38.9 Å². The van der Waals surface area contributed by atoms with Gasteiger partial charge in [-0.2, -0.15) is 13.2 Å². The molecule has 3 aromatic rings. The van der Waals surface area contributed by atoms with Gasteiger partial charge in [-0.05, 0) is 50.1 Å². The Labute approximate surface area is 212 Å². The molecule has 5 rings (SSSR count). The molecule has 1 spiro atoms. The fraction of sp³-hybridized carbons (Fsp3) is 0.500. The van der Waals surface area contributed by atoms with E-state index >= 15 is 0 Å². The lowest BCUT2D eigenvalue weighted by molar-refractivity contribution is -0.126. The number of sulfonamides is 1. The van der Waals surface area contributed by atoms with Crippen LogP contribution in [0.2, 0.25) is 0 Å². The summed E-state index contributed by atoms with van der Waals surface area (Å²) in [5, 5.41) is 0.708. The summed E-state index contributed by atoms with van der Waals surface area (Å²) >= 11 is 1.10. The summed E-state index contributed by atoms with van der Waals surface area (Å²) in [6, 6.07) is 9.03. The average molecular weight is 540 g/mol. The van der Waals surface area contributed by atoms with Crippen LogP contribution in [0.25, 0.3) is 10.2 Å². The van der Waals surface area contributed by atoms with Crippen molar-refractivity contribution < 1.29 is 21.6 Å². The molecule has 7 nitrogen and oxygen atoms in total. The van der Waals surface area contributed by atoms with Crippen molar-refractivity contribution in [2.24, 2.45) is 5.41 Å². The second kappa shape index (κ2) is 9.14. The number of alkyl halides is 3. The minimum absolute atomic E-state index is 0.119. The van der Waals surface area contributed by atoms with Gasteiger partial charge in [-0.3, -0.25) is 9.62 Å². The van der Waals surface area contributed by atoms with Crippen molar-refractivity contribution in [3.8, 4) is 0 Å². The standard InChI is InChI=1S/C24H28F3N5O2S2/c1-16-28-21(20-11-19(12-24(25,26)27)35-22(20)29-16)32-10-8-23(15-32)7-9-31(14-23)13-17-3-5-18(6-4-17)30-36(2,33)34/h3-6,11,30H,7-10,12-15H2,1-2H3. The van der Waals surface area contributed by atoms with Gasteiger partial charge in [0.15, 0.2) is 0 Å². The summed E-state index contributed by atoms with van der Waals surface area (Å²) in [5.41, 5.74) is 1.78. The third-order valence-electron chi connectivity index (χ3n) is 6.83. The van der Waals surface area contributed by atoms with Crippen molar-refractivity contribution in [1.82, 2.24) is 14.9 Å². The lowest BCUT2D eigenvalue weighted by atomic mass is 9.86. The van der Waals surface area contributed by atoms with Crippen molar-refractivity contribution >= 4 is 43.1 Å². The van der Waals surface area contributed by atoms with Crippen LogP contribution in [0.3, 0.4) is 0 Å². The van der Waals surface area contributed by atoms with E-state index in [0.29, 0.717) is 21.7 Å². The van der Waals surface area contributed by atoms with E-state index in [0.717, 1.165) is 74.5 Å². The summed E-state index contributed by atoms with van der Waals surface area (Å²) in [5.74, 6) is 1.31. The van der Waals surface area contributed by atoms with Crippen LogP contribution in [-0.4, -0.2) is 61.9 Å². The minimum Gasteiger partial charge on any atom is -0.355 e. The van der Waals surface area contributed by atoms with Crippen LogP contribution in [0.4, 0.5) is 24.7 Å². The molecule has 0 aliphatic carbocycles. The number of anilines is 2. The molecule has 12 heteroatoms. The predicted octanol–water partition coefficient (Wildman–Crippen LogP) is 4.58. The third kappa shape index (κ3) is 5.76. The Hall–Kier alpha value is -2.44. The molecule has 2 aromatic heterocycles. The normalized spacial score (nSPS) is 21.2. The number of rotatable bonds is 6. The van der Waals surface area contributed by atoms with E-state index in [2.05, 4.69) is 24.5 Å². The molecule has 1 aromatic carbocycles. The van der Waals surface area contributed by atoms with Gasteiger partial charge < -0.3 is 4.90 Å². The van der Waals surface area contributed by atoms with E-state index in [9.17, 15) is 21.6 Å². The number of nitrogens with zero attached hydrogens (tertiary/aromatic N) is 4. The van der Waals surface area contributed by atoms with Crippen LogP contribution in [0.15, 0.2) is 30.3 Å². The molecule has 2 saturated heterocycles. The molecule has 0 radical (unpaired) electrons. The number of nitrogens with one attached hydrogen (secondary N) is 1. The zero-order valence-electron chi connectivity index (χ0n) is 20.1. The molecule has 0 bridgehead atoms. The number of aryl methyl sites for hydroxylation is 1. The Morgan fingerprint density at radius 3 is 2.53 bits per heavy atom. The molecule has 0 amide bonds. The van der Waals surface area contributed by atoms with Crippen LogP contribution in [-0.2, 0) is 23.0 Å². The lowest BCUT2D eigenvalue weighted by Gasteiger charge is -2.25. The maximum Gasteiger partial charge on any atom is 0.393 e. The van der Waals surface area contributed by atoms with E-state index in [4.69, 9.17) is 0 Å². The van der Waals surface area contributed by atoms with Crippen LogP contribution < -0.4 is 9.62 Å². The molecule has 1 N–H and O–H groups in total. The van der Waals surface area contributed by atoms with Gasteiger partial charge in [0.1, 0.15) is 16.5 Å². The number of halogens is 3. The van der Waals surface area contributed by atoms with Crippen molar-refractivity contribution in [2.75, 3.05) is 42.1 Å². The summed E-state index contributed by atoms with van der Waals surface area (Å²) in [6.07, 6.45) is -2.02. The molecular weight excluding hydrogens is 511 g/mol. The second-order valence-corrected chi connectivity index (χ2v) is 12.9. The Morgan fingerprint density at radius 2 is 1.83 bits per heavy atom. The molecule has 1 unspecified atom stereocenters. The van der Waals surface area contributed by atoms with Crippen molar-refractivity contribution in [3.63, 3.8) is 0 Å². The van der Waals surface area contributed by atoms with Gasteiger partial charge in [0.25, 0.3) is 0 Å². The summed E-state index contributed by atoms with van der Waals surface area (Å²) in [6.45, 7) is 6.09. The number of benzene rings is 1. The molecular formula is C24H28F3N5O2S2. The number of likely N-dealkylation sites (tertiary alicyclic amines) is 1. The maximum atomic E-state index is 13.0. The quantitative estimate of drug-likeness (QED) is 0.494. The highest BCUT2D eigenvalue weighted by Gasteiger charge is 2.44. The van der Waals surface area contributed by atoms with Crippen LogP contribution in [0.5, 0.6) is 0 Å². The first-order valence-corrected chi connectivity index (χ1v) is 14.5. The van der Waals surface area contributed by atoms with Gasteiger partial charge in [-0.15, -0.1) is 11.3 Å². The van der Waals surface area contributed by atoms with E-state index in [-0.39, 0.29) is 10.3 Å². The molecule has 2 fully saturated rings. The molecule has 1 atom stereocenters. The first kappa shape index (κ1) is 25.2. The fourth-order valence-corrected chi connectivity index (χ4v) is 7.01. The number of hydrogen-bond acceptors (Lipinski definition) is 7. The average Bonchev–Trinajstić information content (AvgIpc) is 3.45. The smallest absolute Gasteiger partial charge is 0.355 e. The van der Waals surface area contributed by atoms with E-state index in [1.165, 1.54) is 0 Å². The molecule has 36 heavy (non-hydrogen) atoms. The van der Waals surface area contributed by atoms with Crippen molar-refractivity contribution in [1.29, 1.82) is 0 Å². The van der Waals surface area contributed by atoms with Gasteiger partial charge in [-0.25, -0.2) is 18.4 Å². The fourth-order valence-electron chi connectivity index (χ4n) is 5.35. The zero-order chi connectivity index (χ0) is 25.7. The maximum absolute atomic E-state index is 13.0. The van der Waals surface area contributed by atoms with Gasteiger partial charge in [0.05, 0.1) is 18.1 Å². The highest BCUT2D eigenvalue weighted by Crippen LogP contribution is 2.43. The zero-order valence-corrected chi connectivity index (χ0v) is 21.7. The minimum atomic E-state index is -4.25. The van der Waals surface area contributed by atoms with Gasteiger partial charge in [0.2, 0.25) is 10.0 Å². The summed E-state index contributed by atoms with van der Waals surface area (Å²) in [7, 11) is -3.30. The summed E-state index contributed by atoms with van der Waals surface area (Å²) in [4.78, 5) is 14.5. The lowest BCUT2D eigenvalue weighted by Crippen LogP contribution is -2.31. The monoisotopic (exact) mass is 539 g/mol. The number of aromatic nitrogens is 2. The number of thiophene rings is 1. The number of hydrogen-bond donors (Lipinski definition) is 1. The highest BCUT2D eigenvalue weighted by atomic mass is 32.2. The Bertz CT molecular complexity index is 1370. The Morgan fingerprint density at radius 1 is 1.11 bits per heavy atom. The molecule has 2 aliphatic heterocycles. The van der Waals surface area contributed by atoms with Crippen LogP contribution >= 0.6 is 11.3 Å². The molecule has 2 aliphatic rings. The number of fused-ring (bicyclic) bond motifs is 1. The molecule has 0 saturated carbocycles. The first-order valence-electron chi connectivity index (χ1n) is 11.7. The first-order chi connectivity index (χ1) is 16.9. The van der Waals surface area contributed by atoms with Crippen LogP contribution in [0, 0.1) is 12.3 Å². The third-order valence-corrected chi connectivity index (χ3v) is 8.46. The van der Waals surface area contributed by atoms with Crippen molar-refractivity contribution in [3.05, 3.63) is 46.6 Å². The Kier molecular flexibility index (Phi) is 6.40. The van der Waals surface area contributed by atoms with Crippen LogP contribution in [0.1, 0.15) is 29.1 Å². The largest absolute Gasteiger partial charge is 0.393 e. The van der Waals surface area contributed by atoms with E-state index in [1.807, 2.05) is 12.1 Å². The predicted molar refractivity (Wildman–Crippen MR) is 136 cm³/mol. The molecule has 194 valence electrons. The topological polar surface area (TPSA) is 78.4 Å². The van der Waals surface area contributed by atoms with Gasteiger partial charge >= 0.3 is 6.18 Å². The van der Waals surface area contributed by atoms with Gasteiger partial charge in [0, 0.05) is 42.2 Å². The van der Waals surface area contributed by atoms with E-state index < -0.39 is 22.6 Å². The SMILES string of the molecule is Cc1nc(N2CCC3(CCN(Cc4ccc(NS(C)(=O)=O)cc4)C3)C2)c2cc(CC(F)(F)F)sc2n1. The molecule has 4 heterocycles. The second-order valence-electron chi connectivity index (χ2n) is 10.0. The van der Waals surface area contributed by atoms with Gasteiger partial charge in [-0.1, -0.05) is 12.1 Å². The van der Waals surface area contributed by atoms with E-state index in [1.54, 1.807) is 25.1 Å². The highest BCUT2D eigenvalue weighted by molar-refractivity contribution is 7.92. The summed E-state index contributed by atoms with van der Waals surface area (Å²) < 4.78 is 64.2.